The highest BCUT2D eigenvalue weighted by Gasteiger charge is 1.98. The average molecular weight is 330 g/mol. The lowest BCUT2D eigenvalue weighted by Gasteiger charge is -2.07. The summed E-state index contributed by atoms with van der Waals surface area (Å²) in [6, 6.07) is 24.3. The largest absolute Gasteiger partial charge is 0.489 e. The number of rotatable bonds is 6. The molecule has 0 unspecified atom stereocenters. The molecule has 1 N–H and O–H groups in total. The van der Waals surface area contributed by atoms with E-state index in [1.165, 1.54) is 11.1 Å². The first-order valence-electron chi connectivity index (χ1n) is 8.34. The van der Waals surface area contributed by atoms with Crippen LogP contribution in [0.4, 0.5) is 5.69 Å². The molecule has 0 saturated carbocycles. The Morgan fingerprint density at radius 3 is 2.56 bits per heavy atom. The lowest BCUT2D eigenvalue weighted by molar-refractivity contribution is 0.306. The molecule has 0 aliphatic heterocycles. The molecule has 25 heavy (non-hydrogen) atoms. The second-order valence-electron chi connectivity index (χ2n) is 6.04. The lowest BCUT2D eigenvalue weighted by atomic mass is 10.1. The Morgan fingerprint density at radius 2 is 1.76 bits per heavy atom. The predicted molar refractivity (Wildman–Crippen MR) is 104 cm³/mol. The third-order valence-electron chi connectivity index (χ3n) is 3.89. The van der Waals surface area contributed by atoms with Gasteiger partial charge in [-0.25, -0.2) is 0 Å². The van der Waals surface area contributed by atoms with Crippen LogP contribution in [0.5, 0.6) is 5.75 Å². The maximum absolute atomic E-state index is 5.85. The van der Waals surface area contributed by atoms with Crippen LogP contribution < -0.4 is 10.2 Å². The maximum atomic E-state index is 5.85. The number of hydrogen-bond acceptors (Lipinski definition) is 3. The van der Waals surface area contributed by atoms with Crippen LogP contribution in [0.2, 0.25) is 0 Å². The van der Waals surface area contributed by atoms with E-state index in [4.69, 9.17) is 4.74 Å². The van der Waals surface area contributed by atoms with Crippen LogP contribution in [0.25, 0.3) is 0 Å². The van der Waals surface area contributed by atoms with Gasteiger partial charge in [0.1, 0.15) is 12.4 Å². The van der Waals surface area contributed by atoms with Crippen LogP contribution >= 0.6 is 0 Å². The number of benzene rings is 3. The first kappa shape index (κ1) is 16.8. The molecule has 0 aromatic heterocycles. The van der Waals surface area contributed by atoms with Crippen LogP contribution in [0.3, 0.4) is 0 Å². The molecule has 0 bridgehead atoms. The van der Waals surface area contributed by atoms with Gasteiger partial charge in [-0.1, -0.05) is 60.2 Å². The number of anilines is 1. The predicted octanol–water partition coefficient (Wildman–Crippen LogP) is 5.33. The van der Waals surface area contributed by atoms with Gasteiger partial charge >= 0.3 is 0 Å². The smallest absolute Gasteiger partial charge is 0.120 e. The van der Waals surface area contributed by atoms with E-state index in [9.17, 15) is 0 Å². The van der Waals surface area contributed by atoms with Gasteiger partial charge < -0.3 is 4.74 Å². The third-order valence-corrected chi connectivity index (χ3v) is 3.89. The molecular formula is C22H22N2O. The summed E-state index contributed by atoms with van der Waals surface area (Å²) in [7, 11) is 0. The number of hydrazone groups is 1. The molecule has 0 saturated heterocycles. The van der Waals surface area contributed by atoms with Gasteiger partial charge in [-0.3, -0.25) is 5.43 Å². The van der Waals surface area contributed by atoms with E-state index in [0.717, 1.165) is 22.6 Å². The first-order valence-corrected chi connectivity index (χ1v) is 8.34. The fourth-order valence-electron chi connectivity index (χ4n) is 2.54. The van der Waals surface area contributed by atoms with Crippen molar-refractivity contribution in [3.63, 3.8) is 0 Å². The normalized spacial score (nSPS) is 10.8. The summed E-state index contributed by atoms with van der Waals surface area (Å²) < 4.78 is 5.85. The van der Waals surface area contributed by atoms with E-state index in [1.807, 2.05) is 48.5 Å². The van der Waals surface area contributed by atoms with Crippen LogP contribution in [-0.2, 0) is 6.61 Å². The molecule has 0 aliphatic carbocycles. The topological polar surface area (TPSA) is 33.6 Å². The van der Waals surface area contributed by atoms with Gasteiger partial charge in [0.25, 0.3) is 0 Å². The SMILES string of the molecule is Cc1ccc(N/N=C/c2cccc(OCc3ccccc3)c2)c(C)c1. The van der Waals surface area contributed by atoms with Crippen molar-refractivity contribution < 1.29 is 4.74 Å². The molecule has 0 radical (unpaired) electrons. The molecule has 0 aliphatic rings. The van der Waals surface area contributed by atoms with Crippen molar-refractivity contribution in [2.75, 3.05) is 5.43 Å². The van der Waals surface area contributed by atoms with E-state index >= 15 is 0 Å². The fraction of sp³-hybridized carbons (Fsp3) is 0.136. The van der Waals surface area contributed by atoms with Crippen molar-refractivity contribution in [2.45, 2.75) is 20.5 Å². The Kier molecular flexibility index (Phi) is 5.47. The minimum absolute atomic E-state index is 0.558. The highest BCUT2D eigenvalue weighted by molar-refractivity contribution is 5.80. The average Bonchev–Trinajstić information content (AvgIpc) is 2.63. The molecule has 0 heterocycles. The van der Waals surface area contributed by atoms with Crippen LogP contribution in [0.15, 0.2) is 77.9 Å². The molecule has 0 atom stereocenters. The minimum atomic E-state index is 0.558. The van der Waals surface area contributed by atoms with Gasteiger partial charge in [0.15, 0.2) is 0 Å². The molecule has 3 heteroatoms. The Labute approximate surface area is 149 Å². The van der Waals surface area contributed by atoms with Crippen LogP contribution in [0, 0.1) is 13.8 Å². The highest BCUT2D eigenvalue weighted by atomic mass is 16.5. The minimum Gasteiger partial charge on any atom is -0.489 e. The zero-order valence-corrected chi connectivity index (χ0v) is 14.6. The molecule has 0 fully saturated rings. The molecule has 3 rings (SSSR count). The molecular weight excluding hydrogens is 308 g/mol. The Balaban J connectivity index is 1.61. The van der Waals surface area contributed by atoms with Crippen LogP contribution in [0.1, 0.15) is 22.3 Å². The number of aryl methyl sites for hydroxylation is 2. The molecule has 3 nitrogen and oxygen atoms in total. The summed E-state index contributed by atoms with van der Waals surface area (Å²) in [5, 5.41) is 4.33. The van der Waals surface area contributed by atoms with Crippen molar-refractivity contribution in [1.29, 1.82) is 0 Å². The number of hydrogen-bond donors (Lipinski definition) is 1. The van der Waals surface area contributed by atoms with Crippen molar-refractivity contribution in [2.24, 2.45) is 5.10 Å². The third kappa shape index (κ3) is 4.95. The summed E-state index contributed by atoms with van der Waals surface area (Å²) in [4.78, 5) is 0. The zero-order valence-electron chi connectivity index (χ0n) is 14.6. The monoisotopic (exact) mass is 330 g/mol. The Morgan fingerprint density at radius 1 is 0.920 bits per heavy atom. The summed E-state index contributed by atoms with van der Waals surface area (Å²) in [6.07, 6.45) is 1.80. The Bertz CT molecular complexity index is 857. The van der Waals surface area contributed by atoms with Gasteiger partial charge in [-0.2, -0.15) is 5.10 Å². The number of nitrogens with one attached hydrogen (secondary N) is 1. The number of nitrogens with zero attached hydrogens (tertiary/aromatic N) is 1. The van der Waals surface area contributed by atoms with Gasteiger partial charge in [0.05, 0.1) is 11.9 Å². The number of ether oxygens (including phenoxy) is 1. The summed E-state index contributed by atoms with van der Waals surface area (Å²) in [5.41, 5.74) is 8.67. The van der Waals surface area contributed by atoms with Crippen molar-refractivity contribution in [1.82, 2.24) is 0 Å². The quantitative estimate of drug-likeness (QED) is 0.489. The second-order valence-corrected chi connectivity index (χ2v) is 6.04. The van der Waals surface area contributed by atoms with E-state index in [-0.39, 0.29) is 0 Å². The standard InChI is InChI=1S/C22H22N2O/c1-17-11-12-22(18(2)13-17)24-23-15-20-9-6-10-21(14-20)25-16-19-7-4-3-5-8-19/h3-15,24H,16H2,1-2H3/b23-15+. The van der Waals surface area contributed by atoms with Crippen molar-refractivity contribution in [3.8, 4) is 5.75 Å². The second kappa shape index (κ2) is 8.15. The van der Waals surface area contributed by atoms with E-state index in [1.54, 1.807) is 6.21 Å². The summed E-state index contributed by atoms with van der Waals surface area (Å²) >= 11 is 0. The summed E-state index contributed by atoms with van der Waals surface area (Å²) in [5.74, 6) is 0.833. The fourth-order valence-corrected chi connectivity index (χ4v) is 2.54. The molecule has 0 amide bonds. The lowest BCUT2D eigenvalue weighted by Crippen LogP contribution is -1.96. The van der Waals surface area contributed by atoms with Gasteiger partial charge in [-0.05, 0) is 48.7 Å². The maximum Gasteiger partial charge on any atom is 0.120 e. The van der Waals surface area contributed by atoms with E-state index < -0.39 is 0 Å². The van der Waals surface area contributed by atoms with E-state index in [2.05, 4.69) is 48.6 Å². The highest BCUT2D eigenvalue weighted by Crippen LogP contribution is 2.17. The van der Waals surface area contributed by atoms with Gasteiger partial charge in [0.2, 0.25) is 0 Å². The molecule has 126 valence electrons. The van der Waals surface area contributed by atoms with Crippen LogP contribution in [-0.4, -0.2) is 6.21 Å². The van der Waals surface area contributed by atoms with Gasteiger partial charge in [-0.15, -0.1) is 0 Å². The molecule has 3 aromatic carbocycles. The van der Waals surface area contributed by atoms with Crippen molar-refractivity contribution in [3.05, 3.63) is 95.1 Å². The van der Waals surface area contributed by atoms with E-state index in [0.29, 0.717) is 6.61 Å². The summed E-state index contributed by atoms with van der Waals surface area (Å²) in [6.45, 7) is 4.71. The molecule has 0 spiro atoms. The van der Waals surface area contributed by atoms with Gasteiger partial charge in [0, 0.05) is 0 Å². The first-order chi connectivity index (χ1) is 12.2. The Hall–Kier alpha value is -3.07. The molecule has 3 aromatic rings. The van der Waals surface area contributed by atoms with Crippen molar-refractivity contribution >= 4 is 11.9 Å². The zero-order chi connectivity index (χ0) is 17.5.